The number of hydrazone groups is 1. The maximum Gasteiger partial charge on any atom is 0.276 e. The number of nitrogens with zero attached hydrogens (tertiary/aromatic N) is 1. The van der Waals surface area contributed by atoms with Crippen LogP contribution in [0.3, 0.4) is 0 Å². The van der Waals surface area contributed by atoms with E-state index >= 15 is 0 Å². The van der Waals surface area contributed by atoms with Gasteiger partial charge in [0.05, 0.1) is 15.5 Å². The molecule has 2 N–H and O–H groups in total. The van der Waals surface area contributed by atoms with Crippen molar-refractivity contribution in [1.29, 1.82) is 0 Å². The number of carbonyl (C=O) groups excluding carboxylic acids is 1. The summed E-state index contributed by atoms with van der Waals surface area (Å²) < 4.78 is 24.7. The van der Waals surface area contributed by atoms with E-state index in [1.165, 1.54) is 23.5 Å². The highest BCUT2D eigenvalue weighted by atomic mass is 32.2. The van der Waals surface area contributed by atoms with Crippen LogP contribution in [0.4, 0.5) is 5.69 Å². The smallest absolute Gasteiger partial charge is 0.276 e. The number of hydrogen-bond donors (Lipinski definition) is 2. The molecule has 2 aromatic carbocycles. The quantitative estimate of drug-likeness (QED) is 0.473. The number of nitrogens with one attached hydrogen (secondary N) is 2. The molecule has 0 fully saturated rings. The fraction of sp³-hybridized carbons (Fsp3) is 0.100. The first-order chi connectivity index (χ1) is 13.3. The second-order valence-corrected chi connectivity index (χ2v) is 8.73. The molecule has 0 saturated heterocycles. The lowest BCUT2D eigenvalue weighted by Crippen LogP contribution is -2.20. The van der Waals surface area contributed by atoms with Gasteiger partial charge in [-0.25, -0.2) is 0 Å². The van der Waals surface area contributed by atoms with Crippen LogP contribution >= 0.6 is 11.3 Å². The summed E-state index contributed by atoms with van der Waals surface area (Å²) in [5, 5.41) is 8.66. The average molecular weight is 414 g/mol. The largest absolute Gasteiger partial charge is 0.321 e. The van der Waals surface area contributed by atoms with Crippen molar-refractivity contribution >= 4 is 38.7 Å². The SMILES string of the molecule is C/C(=N/NS(=O)(=O)c1ccc(C)cc1)c1cccc(NC(=O)c2cccs2)c1. The van der Waals surface area contributed by atoms with Gasteiger partial charge in [-0.15, -0.1) is 11.3 Å². The third kappa shape index (κ3) is 4.85. The molecule has 8 heteroatoms. The van der Waals surface area contributed by atoms with Crippen molar-refractivity contribution in [2.75, 3.05) is 5.32 Å². The third-order valence-electron chi connectivity index (χ3n) is 3.95. The summed E-state index contributed by atoms with van der Waals surface area (Å²) in [7, 11) is -3.74. The van der Waals surface area contributed by atoms with Crippen molar-refractivity contribution in [3.05, 3.63) is 82.0 Å². The minimum absolute atomic E-state index is 0.145. The second kappa shape index (κ2) is 8.37. The first kappa shape index (κ1) is 19.8. The molecule has 0 unspecified atom stereocenters. The van der Waals surface area contributed by atoms with Crippen LogP contribution in [0.15, 0.2) is 76.0 Å². The van der Waals surface area contributed by atoms with Crippen LogP contribution in [0.5, 0.6) is 0 Å². The lowest BCUT2D eigenvalue weighted by molar-refractivity contribution is 0.103. The molecule has 0 aliphatic rings. The maximum atomic E-state index is 12.3. The molecule has 0 spiro atoms. The topological polar surface area (TPSA) is 87.6 Å². The van der Waals surface area contributed by atoms with E-state index in [2.05, 4.69) is 15.2 Å². The van der Waals surface area contributed by atoms with Crippen molar-refractivity contribution in [1.82, 2.24) is 4.83 Å². The molecule has 3 rings (SSSR count). The summed E-state index contributed by atoms with van der Waals surface area (Å²) in [6.45, 7) is 3.58. The van der Waals surface area contributed by atoms with Crippen LogP contribution in [0.2, 0.25) is 0 Å². The van der Waals surface area contributed by atoms with Crippen molar-refractivity contribution < 1.29 is 13.2 Å². The number of sulfonamides is 1. The van der Waals surface area contributed by atoms with Gasteiger partial charge in [0.15, 0.2) is 0 Å². The number of amides is 1. The van der Waals surface area contributed by atoms with E-state index in [9.17, 15) is 13.2 Å². The highest BCUT2D eigenvalue weighted by Gasteiger charge is 2.13. The molecule has 1 aromatic heterocycles. The van der Waals surface area contributed by atoms with Gasteiger partial charge in [-0.3, -0.25) is 4.79 Å². The molecular weight excluding hydrogens is 394 g/mol. The Morgan fingerprint density at radius 2 is 1.79 bits per heavy atom. The summed E-state index contributed by atoms with van der Waals surface area (Å²) in [5.74, 6) is -0.193. The molecule has 0 radical (unpaired) electrons. The van der Waals surface area contributed by atoms with E-state index in [4.69, 9.17) is 0 Å². The molecular formula is C20H19N3O3S2. The monoisotopic (exact) mass is 413 g/mol. The average Bonchev–Trinajstić information content (AvgIpc) is 3.22. The zero-order valence-electron chi connectivity index (χ0n) is 15.3. The van der Waals surface area contributed by atoms with Crippen LogP contribution in [0.1, 0.15) is 27.7 Å². The second-order valence-electron chi connectivity index (χ2n) is 6.12. The third-order valence-corrected chi connectivity index (χ3v) is 6.04. The van der Waals surface area contributed by atoms with Gasteiger partial charge in [0.25, 0.3) is 15.9 Å². The van der Waals surface area contributed by atoms with E-state index in [1.54, 1.807) is 49.4 Å². The first-order valence-electron chi connectivity index (χ1n) is 8.43. The Kier molecular flexibility index (Phi) is 5.91. The van der Waals surface area contributed by atoms with Crippen LogP contribution in [-0.4, -0.2) is 20.0 Å². The van der Waals surface area contributed by atoms with E-state index < -0.39 is 10.0 Å². The van der Waals surface area contributed by atoms with Crippen molar-refractivity contribution in [3.63, 3.8) is 0 Å². The molecule has 0 saturated carbocycles. The van der Waals surface area contributed by atoms with Gasteiger partial charge in [-0.2, -0.15) is 18.4 Å². The Labute approximate surface area is 168 Å². The minimum atomic E-state index is -3.74. The standard InChI is InChI=1S/C20H19N3O3S2/c1-14-8-10-18(11-9-14)28(25,26)23-22-15(2)16-5-3-6-17(13-16)21-20(24)19-7-4-12-27-19/h3-13,23H,1-2H3,(H,21,24)/b22-15-. The van der Waals surface area contributed by atoms with Gasteiger partial charge in [0.2, 0.25) is 0 Å². The van der Waals surface area contributed by atoms with E-state index in [1.807, 2.05) is 18.4 Å². The molecule has 1 heterocycles. The van der Waals surface area contributed by atoms with Gasteiger partial charge < -0.3 is 5.32 Å². The lowest BCUT2D eigenvalue weighted by Gasteiger charge is -2.08. The van der Waals surface area contributed by atoms with Gasteiger partial charge in [0.1, 0.15) is 0 Å². The first-order valence-corrected chi connectivity index (χ1v) is 10.8. The van der Waals surface area contributed by atoms with Crippen LogP contribution in [-0.2, 0) is 10.0 Å². The Balaban J connectivity index is 1.74. The maximum absolute atomic E-state index is 12.3. The fourth-order valence-electron chi connectivity index (χ4n) is 2.39. The predicted octanol–water partition coefficient (Wildman–Crippen LogP) is 4.01. The van der Waals surface area contributed by atoms with E-state index in [0.29, 0.717) is 21.8 Å². The van der Waals surface area contributed by atoms with Crippen molar-refractivity contribution in [2.24, 2.45) is 5.10 Å². The van der Waals surface area contributed by atoms with Gasteiger partial charge in [-0.1, -0.05) is 35.9 Å². The predicted molar refractivity (Wildman–Crippen MR) is 112 cm³/mol. The van der Waals surface area contributed by atoms with Gasteiger partial charge in [0, 0.05) is 5.69 Å². The number of hydrogen-bond acceptors (Lipinski definition) is 5. The summed E-state index contributed by atoms with van der Waals surface area (Å²) >= 11 is 1.36. The normalized spacial score (nSPS) is 11.9. The summed E-state index contributed by atoms with van der Waals surface area (Å²) in [5.41, 5.74) is 2.74. The molecule has 3 aromatic rings. The Hall–Kier alpha value is -2.97. The molecule has 0 aliphatic carbocycles. The number of rotatable bonds is 6. The van der Waals surface area contributed by atoms with Crippen molar-refractivity contribution in [2.45, 2.75) is 18.7 Å². The molecule has 1 amide bonds. The Bertz CT molecular complexity index is 1100. The number of thiophene rings is 1. The molecule has 0 bridgehead atoms. The summed E-state index contributed by atoms with van der Waals surface area (Å²) in [4.78, 5) is 15.2. The number of aryl methyl sites for hydroxylation is 1. The Morgan fingerprint density at radius 3 is 2.46 bits per heavy atom. The molecule has 0 atom stereocenters. The summed E-state index contributed by atoms with van der Waals surface area (Å²) in [6.07, 6.45) is 0. The molecule has 0 aliphatic heterocycles. The van der Waals surface area contributed by atoms with Crippen LogP contribution in [0.25, 0.3) is 0 Å². The molecule has 28 heavy (non-hydrogen) atoms. The molecule has 144 valence electrons. The lowest BCUT2D eigenvalue weighted by atomic mass is 10.1. The van der Waals surface area contributed by atoms with E-state index in [0.717, 1.165) is 5.56 Å². The minimum Gasteiger partial charge on any atom is -0.321 e. The highest BCUT2D eigenvalue weighted by molar-refractivity contribution is 7.89. The van der Waals surface area contributed by atoms with Crippen LogP contribution in [0, 0.1) is 6.92 Å². The van der Waals surface area contributed by atoms with Gasteiger partial charge in [-0.05, 0) is 55.1 Å². The zero-order valence-corrected chi connectivity index (χ0v) is 17.0. The highest BCUT2D eigenvalue weighted by Crippen LogP contribution is 2.16. The zero-order chi connectivity index (χ0) is 20.1. The van der Waals surface area contributed by atoms with Crippen LogP contribution < -0.4 is 10.1 Å². The number of anilines is 1. The summed E-state index contributed by atoms with van der Waals surface area (Å²) in [6, 6.07) is 17.1. The number of benzene rings is 2. The van der Waals surface area contributed by atoms with E-state index in [-0.39, 0.29) is 10.8 Å². The Morgan fingerprint density at radius 1 is 1.04 bits per heavy atom. The van der Waals surface area contributed by atoms with Gasteiger partial charge >= 0.3 is 0 Å². The number of carbonyl (C=O) groups is 1. The van der Waals surface area contributed by atoms with Crippen molar-refractivity contribution in [3.8, 4) is 0 Å². The molecule has 6 nitrogen and oxygen atoms in total. The fourth-order valence-corrected chi connectivity index (χ4v) is 3.86.